The molecule has 0 saturated carbocycles. The second kappa shape index (κ2) is 7.28. The smallest absolute Gasteiger partial charge is 0.247 e. The van der Waals surface area contributed by atoms with Gasteiger partial charge in [-0.3, -0.25) is 4.31 Å². The first kappa shape index (κ1) is 17.9. The maximum Gasteiger partial charge on any atom is 0.247 e. The van der Waals surface area contributed by atoms with Crippen LogP contribution in [-0.2, 0) is 16.6 Å². The van der Waals surface area contributed by atoms with E-state index in [4.69, 9.17) is 4.42 Å². The van der Waals surface area contributed by atoms with E-state index in [1.165, 1.54) is 4.31 Å². The van der Waals surface area contributed by atoms with Crippen LogP contribution in [0.15, 0.2) is 77.5 Å². The molecule has 0 N–H and O–H groups in total. The number of nitrogens with zero attached hydrogens (tertiary/aromatic N) is 5. The zero-order valence-corrected chi connectivity index (χ0v) is 15.8. The molecule has 2 aromatic carbocycles. The Morgan fingerprint density at radius 2 is 1.86 bits per heavy atom. The third kappa shape index (κ3) is 3.79. The molecule has 2 heterocycles. The van der Waals surface area contributed by atoms with Crippen LogP contribution in [0.4, 0.5) is 5.69 Å². The Kier molecular flexibility index (Phi) is 4.66. The summed E-state index contributed by atoms with van der Waals surface area (Å²) in [6.45, 7) is -0.0682. The van der Waals surface area contributed by atoms with Gasteiger partial charge in [0.25, 0.3) is 0 Å². The molecule has 0 atom stereocenters. The molecule has 0 unspecified atom stereocenters. The predicted molar refractivity (Wildman–Crippen MR) is 104 cm³/mol. The van der Waals surface area contributed by atoms with Crippen LogP contribution in [-0.4, -0.2) is 34.7 Å². The van der Waals surface area contributed by atoms with Crippen molar-refractivity contribution in [2.45, 2.75) is 6.54 Å². The number of sulfonamides is 1. The predicted octanol–water partition coefficient (Wildman–Crippen LogP) is 2.89. The van der Waals surface area contributed by atoms with E-state index in [0.29, 0.717) is 11.6 Å². The lowest BCUT2D eigenvalue weighted by atomic mass is 10.2. The fourth-order valence-corrected chi connectivity index (χ4v) is 3.59. The third-order valence-electron chi connectivity index (χ3n) is 4.05. The van der Waals surface area contributed by atoms with E-state index >= 15 is 0 Å². The lowest BCUT2D eigenvalue weighted by Crippen LogP contribution is -2.29. The molecular weight excluding hydrogens is 378 g/mol. The van der Waals surface area contributed by atoms with Gasteiger partial charge in [0.1, 0.15) is 6.54 Å². The summed E-state index contributed by atoms with van der Waals surface area (Å²) in [5.74, 6) is 0.545. The largest absolute Gasteiger partial charge is 0.419 e. The molecule has 142 valence electrons. The van der Waals surface area contributed by atoms with Gasteiger partial charge >= 0.3 is 0 Å². The quantitative estimate of drug-likeness (QED) is 0.498. The van der Waals surface area contributed by atoms with E-state index in [1.54, 1.807) is 41.3 Å². The molecule has 4 rings (SSSR count). The Morgan fingerprint density at radius 3 is 2.57 bits per heavy atom. The summed E-state index contributed by atoms with van der Waals surface area (Å²) in [6.07, 6.45) is 4.58. The molecule has 0 spiro atoms. The van der Waals surface area contributed by atoms with Crippen molar-refractivity contribution in [3.05, 3.63) is 78.9 Å². The van der Waals surface area contributed by atoms with Gasteiger partial charge in [-0.25, -0.2) is 13.1 Å². The first-order chi connectivity index (χ1) is 13.5. The van der Waals surface area contributed by atoms with Gasteiger partial charge in [0.2, 0.25) is 21.8 Å². The highest BCUT2D eigenvalue weighted by Crippen LogP contribution is 2.24. The van der Waals surface area contributed by atoms with Crippen molar-refractivity contribution in [3.8, 4) is 17.1 Å². The lowest BCUT2D eigenvalue weighted by molar-refractivity contribution is 0.505. The second-order valence-corrected chi connectivity index (χ2v) is 8.01. The Labute approximate surface area is 162 Å². The van der Waals surface area contributed by atoms with Gasteiger partial charge in [-0.2, -0.15) is 5.10 Å². The molecule has 0 amide bonds. The van der Waals surface area contributed by atoms with Crippen molar-refractivity contribution in [2.24, 2.45) is 0 Å². The maximum atomic E-state index is 12.4. The van der Waals surface area contributed by atoms with Gasteiger partial charge in [0.15, 0.2) is 0 Å². The van der Waals surface area contributed by atoms with Crippen molar-refractivity contribution < 1.29 is 12.8 Å². The lowest BCUT2D eigenvalue weighted by Gasteiger charge is -2.21. The van der Waals surface area contributed by atoms with Gasteiger partial charge in [-0.05, 0) is 36.4 Å². The van der Waals surface area contributed by atoms with Crippen LogP contribution in [0.25, 0.3) is 17.1 Å². The van der Waals surface area contributed by atoms with E-state index in [0.717, 1.165) is 17.5 Å². The number of hydrogen-bond donors (Lipinski definition) is 0. The first-order valence-electron chi connectivity index (χ1n) is 8.46. The maximum absolute atomic E-state index is 12.4. The van der Waals surface area contributed by atoms with Gasteiger partial charge < -0.3 is 4.42 Å². The normalized spacial score (nSPS) is 11.5. The Morgan fingerprint density at radius 1 is 1.04 bits per heavy atom. The molecule has 2 aromatic heterocycles. The van der Waals surface area contributed by atoms with Crippen LogP contribution in [0, 0.1) is 0 Å². The SMILES string of the molecule is CS(=O)(=O)N(Cc1nnc(-c2ccccc2)o1)c1cccc(-n2cccn2)c1. The van der Waals surface area contributed by atoms with E-state index in [2.05, 4.69) is 15.3 Å². The Balaban J connectivity index is 1.65. The van der Waals surface area contributed by atoms with E-state index < -0.39 is 10.0 Å². The zero-order valence-electron chi connectivity index (χ0n) is 15.0. The molecular formula is C19H17N5O3S. The molecule has 28 heavy (non-hydrogen) atoms. The van der Waals surface area contributed by atoms with Crippen LogP contribution in [0.1, 0.15) is 5.89 Å². The van der Waals surface area contributed by atoms with E-state index in [-0.39, 0.29) is 12.4 Å². The van der Waals surface area contributed by atoms with E-state index in [9.17, 15) is 8.42 Å². The van der Waals surface area contributed by atoms with Crippen molar-refractivity contribution >= 4 is 15.7 Å². The number of hydrogen-bond acceptors (Lipinski definition) is 6. The first-order valence-corrected chi connectivity index (χ1v) is 10.3. The van der Waals surface area contributed by atoms with Gasteiger partial charge in [0.05, 0.1) is 17.6 Å². The summed E-state index contributed by atoms with van der Waals surface area (Å²) in [6, 6.07) is 18.2. The molecule has 0 saturated heterocycles. The molecule has 0 aliphatic heterocycles. The highest BCUT2D eigenvalue weighted by atomic mass is 32.2. The van der Waals surface area contributed by atoms with Gasteiger partial charge in [-0.1, -0.05) is 24.3 Å². The summed E-state index contributed by atoms with van der Waals surface area (Å²) in [7, 11) is -3.58. The number of benzene rings is 2. The van der Waals surface area contributed by atoms with Crippen LogP contribution >= 0.6 is 0 Å². The number of rotatable bonds is 6. The molecule has 0 aliphatic carbocycles. The van der Waals surface area contributed by atoms with Gasteiger partial charge in [-0.15, -0.1) is 10.2 Å². The van der Waals surface area contributed by atoms with Crippen molar-refractivity contribution in [2.75, 3.05) is 10.6 Å². The molecule has 8 nitrogen and oxygen atoms in total. The highest BCUT2D eigenvalue weighted by Gasteiger charge is 2.22. The Bertz CT molecular complexity index is 1170. The standard InChI is InChI=1S/C19H17N5O3S/c1-28(25,26)24(17-10-5-9-16(13-17)23-12-6-11-20-23)14-18-21-22-19(27-18)15-7-3-2-4-8-15/h2-13H,14H2,1H3. The fraction of sp³-hybridized carbons (Fsp3) is 0.105. The fourth-order valence-electron chi connectivity index (χ4n) is 2.75. The summed E-state index contributed by atoms with van der Waals surface area (Å²) in [5, 5.41) is 12.2. The van der Waals surface area contributed by atoms with Gasteiger partial charge in [0, 0.05) is 18.0 Å². The summed E-state index contributed by atoms with van der Waals surface area (Å²) >= 11 is 0. The second-order valence-electron chi connectivity index (χ2n) is 6.11. The average Bonchev–Trinajstić information content (AvgIpc) is 3.38. The monoisotopic (exact) mass is 395 g/mol. The van der Waals surface area contributed by atoms with Crippen molar-refractivity contribution in [1.29, 1.82) is 0 Å². The molecule has 0 fully saturated rings. The summed E-state index contributed by atoms with van der Waals surface area (Å²) in [4.78, 5) is 0. The van der Waals surface area contributed by atoms with Crippen LogP contribution in [0.3, 0.4) is 0 Å². The minimum absolute atomic E-state index is 0.0682. The molecule has 0 aliphatic rings. The minimum atomic E-state index is -3.58. The molecule has 9 heteroatoms. The topological polar surface area (TPSA) is 94.1 Å². The minimum Gasteiger partial charge on any atom is -0.419 e. The van der Waals surface area contributed by atoms with Crippen LogP contribution < -0.4 is 4.31 Å². The highest BCUT2D eigenvalue weighted by molar-refractivity contribution is 7.92. The van der Waals surface area contributed by atoms with Crippen LogP contribution in [0.5, 0.6) is 0 Å². The van der Waals surface area contributed by atoms with Crippen molar-refractivity contribution in [3.63, 3.8) is 0 Å². The molecule has 4 aromatic rings. The molecule has 0 bridgehead atoms. The third-order valence-corrected chi connectivity index (χ3v) is 5.19. The molecule has 0 radical (unpaired) electrons. The zero-order chi connectivity index (χ0) is 19.6. The Hall–Kier alpha value is -3.46. The summed E-state index contributed by atoms with van der Waals surface area (Å²) < 4.78 is 33.4. The van der Waals surface area contributed by atoms with E-state index in [1.807, 2.05) is 36.4 Å². The van der Waals surface area contributed by atoms with Crippen LogP contribution in [0.2, 0.25) is 0 Å². The number of anilines is 1. The summed E-state index contributed by atoms with van der Waals surface area (Å²) in [5.41, 5.74) is 1.99. The number of aromatic nitrogens is 4. The van der Waals surface area contributed by atoms with Crippen molar-refractivity contribution in [1.82, 2.24) is 20.0 Å². The average molecular weight is 395 g/mol.